The highest BCUT2D eigenvalue weighted by molar-refractivity contribution is 5.64. The summed E-state index contributed by atoms with van der Waals surface area (Å²) in [6.45, 7) is 7.21. The molecule has 1 atom stereocenters. The van der Waals surface area contributed by atoms with Crippen LogP contribution in [0.2, 0.25) is 0 Å². The van der Waals surface area contributed by atoms with E-state index < -0.39 is 0 Å². The van der Waals surface area contributed by atoms with Crippen LogP contribution in [-0.2, 0) is 6.54 Å². The Morgan fingerprint density at radius 1 is 1.13 bits per heavy atom. The van der Waals surface area contributed by atoms with Crippen LogP contribution < -0.4 is 0 Å². The third kappa shape index (κ3) is 4.23. The Labute approximate surface area is 181 Å². The van der Waals surface area contributed by atoms with Gasteiger partial charge in [0.15, 0.2) is 11.5 Å². The summed E-state index contributed by atoms with van der Waals surface area (Å²) in [5.74, 6) is 0.962. The molecule has 31 heavy (non-hydrogen) atoms. The first-order valence-electron chi connectivity index (χ1n) is 10.9. The van der Waals surface area contributed by atoms with Gasteiger partial charge in [0.25, 0.3) is 0 Å². The highest BCUT2D eigenvalue weighted by atomic mass is 19.1. The maximum Gasteiger partial charge on any atom is 0.156 e. The summed E-state index contributed by atoms with van der Waals surface area (Å²) in [6, 6.07) is 10.9. The standard InChI is InChI=1S/C24H27FN6/c1-17(2)30-14-18(12-26-30)13-29-10-4-6-21(15-29)24-27-23-9-8-20(16-31(23)28-24)19-5-3-7-22(25)11-19/h3,5,7-9,11-12,14,16-17,21H,4,6,10,13,15H2,1-2H3/t21-/m0/s1. The van der Waals surface area contributed by atoms with Crippen molar-refractivity contribution >= 4 is 5.65 Å². The van der Waals surface area contributed by atoms with E-state index in [2.05, 4.69) is 30.0 Å². The van der Waals surface area contributed by atoms with Crippen molar-refractivity contribution in [2.24, 2.45) is 0 Å². The Hall–Kier alpha value is -3.06. The van der Waals surface area contributed by atoms with Crippen LogP contribution in [0.25, 0.3) is 16.8 Å². The number of hydrogen-bond acceptors (Lipinski definition) is 4. The Bertz CT molecular complexity index is 1190. The Balaban J connectivity index is 1.33. The Kier molecular flexibility index (Phi) is 5.28. The Morgan fingerprint density at radius 3 is 2.84 bits per heavy atom. The molecule has 0 amide bonds. The minimum Gasteiger partial charge on any atom is -0.298 e. The van der Waals surface area contributed by atoms with Crippen LogP contribution in [0.1, 0.15) is 50.0 Å². The molecule has 0 aliphatic carbocycles. The zero-order chi connectivity index (χ0) is 21.4. The van der Waals surface area contributed by atoms with Gasteiger partial charge in [-0.1, -0.05) is 12.1 Å². The third-order valence-electron chi connectivity index (χ3n) is 5.97. The van der Waals surface area contributed by atoms with E-state index in [0.29, 0.717) is 12.0 Å². The average Bonchev–Trinajstić information content (AvgIpc) is 3.40. The van der Waals surface area contributed by atoms with Gasteiger partial charge in [0.05, 0.1) is 6.20 Å². The largest absolute Gasteiger partial charge is 0.298 e. The first-order chi connectivity index (χ1) is 15.0. The fourth-order valence-corrected chi connectivity index (χ4v) is 4.32. The predicted molar refractivity (Wildman–Crippen MR) is 118 cm³/mol. The molecule has 0 bridgehead atoms. The summed E-state index contributed by atoms with van der Waals surface area (Å²) in [5.41, 5.74) is 3.84. The van der Waals surface area contributed by atoms with Crippen LogP contribution in [0, 0.1) is 5.82 Å². The van der Waals surface area contributed by atoms with Crippen molar-refractivity contribution in [1.82, 2.24) is 29.3 Å². The molecule has 1 saturated heterocycles. The summed E-state index contributed by atoms with van der Waals surface area (Å²) in [6.07, 6.45) is 8.27. The molecule has 6 nitrogen and oxygen atoms in total. The van der Waals surface area contributed by atoms with E-state index in [9.17, 15) is 4.39 Å². The number of fused-ring (bicyclic) bond motifs is 1. The fourth-order valence-electron chi connectivity index (χ4n) is 4.32. The molecule has 7 heteroatoms. The van der Waals surface area contributed by atoms with E-state index in [0.717, 1.165) is 55.1 Å². The normalized spacial score (nSPS) is 17.6. The van der Waals surface area contributed by atoms with E-state index in [1.165, 1.54) is 11.6 Å². The molecule has 0 spiro atoms. The van der Waals surface area contributed by atoms with E-state index in [1.807, 2.05) is 39.8 Å². The van der Waals surface area contributed by atoms with Gasteiger partial charge in [-0.05, 0) is 63.1 Å². The van der Waals surface area contributed by atoms with Gasteiger partial charge >= 0.3 is 0 Å². The summed E-state index contributed by atoms with van der Waals surface area (Å²) in [7, 11) is 0. The molecular formula is C24H27FN6. The maximum atomic E-state index is 13.6. The lowest BCUT2D eigenvalue weighted by Gasteiger charge is -2.30. The highest BCUT2D eigenvalue weighted by Gasteiger charge is 2.25. The van der Waals surface area contributed by atoms with Gasteiger partial charge in [-0.15, -0.1) is 0 Å². The lowest BCUT2D eigenvalue weighted by Crippen LogP contribution is -2.34. The first-order valence-corrected chi connectivity index (χ1v) is 10.9. The van der Waals surface area contributed by atoms with Crippen molar-refractivity contribution in [3.05, 3.63) is 72.2 Å². The van der Waals surface area contributed by atoms with Crippen molar-refractivity contribution in [3.8, 4) is 11.1 Å². The number of likely N-dealkylation sites (tertiary alicyclic amines) is 1. The van der Waals surface area contributed by atoms with Crippen LogP contribution in [0.15, 0.2) is 55.0 Å². The van der Waals surface area contributed by atoms with Crippen molar-refractivity contribution in [2.75, 3.05) is 13.1 Å². The fraction of sp³-hybridized carbons (Fsp3) is 0.375. The monoisotopic (exact) mass is 418 g/mol. The number of rotatable bonds is 5. The van der Waals surface area contributed by atoms with Crippen molar-refractivity contribution in [2.45, 2.75) is 45.2 Å². The van der Waals surface area contributed by atoms with Crippen LogP contribution in [0.3, 0.4) is 0 Å². The molecule has 4 heterocycles. The van der Waals surface area contributed by atoms with E-state index >= 15 is 0 Å². The number of benzene rings is 1. The molecule has 0 radical (unpaired) electrons. The minimum atomic E-state index is -0.238. The van der Waals surface area contributed by atoms with Crippen LogP contribution >= 0.6 is 0 Å². The van der Waals surface area contributed by atoms with Gasteiger partial charge in [-0.25, -0.2) is 13.9 Å². The molecule has 160 valence electrons. The van der Waals surface area contributed by atoms with Crippen molar-refractivity contribution in [1.29, 1.82) is 0 Å². The second kappa shape index (κ2) is 8.23. The second-order valence-electron chi connectivity index (χ2n) is 8.70. The molecule has 5 rings (SSSR count). The molecule has 1 aliphatic heterocycles. The quantitative estimate of drug-likeness (QED) is 0.472. The van der Waals surface area contributed by atoms with Crippen molar-refractivity contribution in [3.63, 3.8) is 0 Å². The molecule has 1 aromatic carbocycles. The predicted octanol–water partition coefficient (Wildman–Crippen LogP) is 4.69. The van der Waals surface area contributed by atoms with E-state index in [4.69, 9.17) is 10.1 Å². The minimum absolute atomic E-state index is 0.238. The molecule has 0 unspecified atom stereocenters. The molecule has 3 aromatic heterocycles. The van der Waals surface area contributed by atoms with Gasteiger partial charge in [0.2, 0.25) is 0 Å². The smallest absolute Gasteiger partial charge is 0.156 e. The summed E-state index contributed by atoms with van der Waals surface area (Å²) in [4.78, 5) is 7.26. The summed E-state index contributed by atoms with van der Waals surface area (Å²) < 4.78 is 17.4. The molecule has 4 aromatic rings. The average molecular weight is 419 g/mol. The first kappa shape index (κ1) is 19.9. The number of halogens is 1. The summed E-state index contributed by atoms with van der Waals surface area (Å²) >= 11 is 0. The number of piperidine rings is 1. The third-order valence-corrected chi connectivity index (χ3v) is 5.97. The zero-order valence-corrected chi connectivity index (χ0v) is 17.9. The SMILES string of the molecule is CC(C)n1cc(CN2CCC[C@H](c3nc4ccc(-c5cccc(F)c5)cn4n3)C2)cn1. The summed E-state index contributed by atoms with van der Waals surface area (Å²) in [5, 5.41) is 9.25. The topological polar surface area (TPSA) is 51.2 Å². The van der Waals surface area contributed by atoms with Gasteiger partial charge < -0.3 is 0 Å². The van der Waals surface area contributed by atoms with Crippen LogP contribution in [-0.4, -0.2) is 42.4 Å². The van der Waals surface area contributed by atoms with E-state index in [-0.39, 0.29) is 5.82 Å². The van der Waals surface area contributed by atoms with Gasteiger partial charge in [-0.3, -0.25) is 9.58 Å². The molecular weight excluding hydrogens is 391 g/mol. The van der Waals surface area contributed by atoms with Crippen molar-refractivity contribution < 1.29 is 4.39 Å². The molecule has 1 fully saturated rings. The van der Waals surface area contributed by atoms with Gasteiger partial charge in [0.1, 0.15) is 5.82 Å². The second-order valence-corrected chi connectivity index (χ2v) is 8.70. The van der Waals surface area contributed by atoms with Crippen LogP contribution in [0.5, 0.6) is 0 Å². The molecule has 1 aliphatic rings. The lowest BCUT2D eigenvalue weighted by atomic mass is 9.97. The molecule has 0 N–H and O–H groups in total. The van der Waals surface area contributed by atoms with Crippen LogP contribution in [0.4, 0.5) is 4.39 Å². The molecule has 0 saturated carbocycles. The van der Waals surface area contributed by atoms with E-state index in [1.54, 1.807) is 12.1 Å². The maximum absolute atomic E-state index is 13.6. The number of pyridine rings is 1. The zero-order valence-electron chi connectivity index (χ0n) is 17.9. The number of nitrogens with zero attached hydrogens (tertiary/aromatic N) is 6. The Morgan fingerprint density at radius 2 is 2.03 bits per heavy atom. The highest BCUT2D eigenvalue weighted by Crippen LogP contribution is 2.27. The number of hydrogen-bond donors (Lipinski definition) is 0. The number of aromatic nitrogens is 5. The lowest BCUT2D eigenvalue weighted by molar-refractivity contribution is 0.196. The van der Waals surface area contributed by atoms with Gasteiger partial charge in [-0.2, -0.15) is 10.2 Å². The van der Waals surface area contributed by atoms with Gasteiger partial charge in [0, 0.05) is 48.6 Å².